The van der Waals surface area contributed by atoms with Crippen molar-refractivity contribution in [1.82, 2.24) is 30.7 Å². The van der Waals surface area contributed by atoms with Crippen molar-refractivity contribution in [2.75, 3.05) is 26.7 Å². The fourth-order valence-corrected chi connectivity index (χ4v) is 2.95. The Morgan fingerprint density at radius 3 is 2.56 bits per heavy atom. The molecule has 0 aliphatic carbocycles. The minimum atomic E-state index is -0.492. The van der Waals surface area contributed by atoms with Crippen LogP contribution in [0.15, 0.2) is 29.3 Å². The molecule has 0 bridgehead atoms. The maximum absolute atomic E-state index is 12.1. The first kappa shape index (κ1) is 25.7. The molecule has 2 aromatic rings. The highest BCUT2D eigenvalue weighted by Crippen LogP contribution is 2.19. The Bertz CT molecular complexity index is 903. The van der Waals surface area contributed by atoms with E-state index in [1.165, 1.54) is 0 Å². The van der Waals surface area contributed by atoms with Gasteiger partial charge in [0.15, 0.2) is 11.8 Å². The summed E-state index contributed by atoms with van der Waals surface area (Å²) in [7, 11) is 1.63. The summed E-state index contributed by atoms with van der Waals surface area (Å²) in [6, 6.07) is 7.68. The van der Waals surface area contributed by atoms with Crippen molar-refractivity contribution >= 4 is 36.0 Å². The Labute approximate surface area is 205 Å². The van der Waals surface area contributed by atoms with Crippen LogP contribution >= 0.6 is 24.0 Å². The third-order valence-corrected chi connectivity index (χ3v) is 4.49. The largest absolute Gasteiger partial charge is 0.497 e. The number of carbonyl (C=O) groups is 1. The summed E-state index contributed by atoms with van der Waals surface area (Å²) in [5, 5.41) is 13.7. The Kier molecular flexibility index (Phi) is 9.10. The number of carbonyl (C=O) groups excluding carboxylic acids is 1. The summed E-state index contributed by atoms with van der Waals surface area (Å²) in [5.41, 5.74) is 0.405. The highest BCUT2D eigenvalue weighted by atomic mass is 127. The van der Waals surface area contributed by atoms with E-state index in [9.17, 15) is 4.79 Å². The van der Waals surface area contributed by atoms with Crippen molar-refractivity contribution in [1.29, 1.82) is 0 Å². The first-order valence-electron chi connectivity index (χ1n) is 10.4. The van der Waals surface area contributed by atoms with Gasteiger partial charge < -0.3 is 25.0 Å². The van der Waals surface area contributed by atoms with Crippen LogP contribution in [0.4, 0.5) is 4.79 Å². The van der Waals surface area contributed by atoms with E-state index < -0.39 is 5.60 Å². The molecule has 1 aromatic heterocycles. The molecule has 10 nitrogen and oxygen atoms in total. The zero-order valence-corrected chi connectivity index (χ0v) is 21.5. The predicted molar refractivity (Wildman–Crippen MR) is 133 cm³/mol. The van der Waals surface area contributed by atoms with Crippen LogP contribution in [-0.4, -0.2) is 70.5 Å². The first-order valence-corrected chi connectivity index (χ1v) is 10.4. The normalized spacial score (nSPS) is 14.3. The van der Waals surface area contributed by atoms with Gasteiger partial charge in [-0.25, -0.2) is 14.8 Å². The van der Waals surface area contributed by atoms with Gasteiger partial charge in [-0.1, -0.05) is 0 Å². The fourth-order valence-electron chi connectivity index (χ4n) is 2.95. The number of halogens is 1. The van der Waals surface area contributed by atoms with Crippen LogP contribution < -0.4 is 15.4 Å². The molecule has 0 atom stereocenters. The Morgan fingerprint density at radius 2 is 1.97 bits per heavy atom. The number of H-pyrrole nitrogens is 1. The van der Waals surface area contributed by atoms with Crippen molar-refractivity contribution in [2.45, 2.75) is 45.9 Å². The number of aromatic amines is 1. The third kappa shape index (κ3) is 7.24. The molecule has 0 unspecified atom stereocenters. The van der Waals surface area contributed by atoms with E-state index in [-0.39, 0.29) is 36.1 Å². The van der Waals surface area contributed by atoms with E-state index in [0.717, 1.165) is 17.9 Å². The molecule has 11 heteroatoms. The summed E-state index contributed by atoms with van der Waals surface area (Å²) < 4.78 is 10.6. The summed E-state index contributed by atoms with van der Waals surface area (Å²) in [5.74, 6) is 2.72. The number of ether oxygens (including phenoxy) is 2. The smallest absolute Gasteiger partial charge is 0.410 e. The fraction of sp³-hybridized carbons (Fsp3) is 0.524. The molecule has 32 heavy (non-hydrogen) atoms. The molecule has 1 saturated heterocycles. The van der Waals surface area contributed by atoms with Gasteiger partial charge in [0.25, 0.3) is 0 Å². The number of aromatic nitrogens is 3. The number of benzene rings is 1. The molecule has 1 aliphatic rings. The number of amides is 1. The van der Waals surface area contributed by atoms with Crippen LogP contribution in [0.3, 0.4) is 0 Å². The number of likely N-dealkylation sites (tertiary alicyclic amines) is 1. The van der Waals surface area contributed by atoms with Crippen molar-refractivity contribution in [3.05, 3.63) is 30.1 Å². The molecule has 0 radical (unpaired) electrons. The number of nitrogens with one attached hydrogen (secondary N) is 3. The molecule has 2 heterocycles. The summed E-state index contributed by atoms with van der Waals surface area (Å²) in [6.07, 6.45) is -0.291. The van der Waals surface area contributed by atoms with Crippen LogP contribution in [-0.2, 0) is 11.3 Å². The quantitative estimate of drug-likeness (QED) is 0.284. The molecule has 1 aromatic carbocycles. The zero-order chi connectivity index (χ0) is 22.4. The molecule has 0 spiro atoms. The molecular weight excluding hydrogens is 525 g/mol. The van der Waals surface area contributed by atoms with Gasteiger partial charge in [0.1, 0.15) is 23.7 Å². The van der Waals surface area contributed by atoms with Crippen molar-refractivity contribution in [3.63, 3.8) is 0 Å². The van der Waals surface area contributed by atoms with Crippen molar-refractivity contribution < 1.29 is 14.3 Å². The topological polar surface area (TPSA) is 117 Å². The van der Waals surface area contributed by atoms with Crippen LogP contribution in [0.5, 0.6) is 5.75 Å². The lowest BCUT2D eigenvalue weighted by Gasteiger charge is -2.40. The van der Waals surface area contributed by atoms with Crippen molar-refractivity contribution in [3.8, 4) is 17.1 Å². The zero-order valence-electron chi connectivity index (χ0n) is 19.1. The number of hydrogen-bond acceptors (Lipinski definition) is 6. The Hall–Kier alpha value is -2.57. The second kappa shape index (κ2) is 11.3. The maximum atomic E-state index is 12.1. The van der Waals surface area contributed by atoms with E-state index >= 15 is 0 Å². The number of hydrogen-bond donors (Lipinski definition) is 3. The lowest BCUT2D eigenvalue weighted by atomic mass is 10.1. The number of rotatable bonds is 6. The molecular formula is C21H32IN7O3. The van der Waals surface area contributed by atoms with Gasteiger partial charge in [-0.3, -0.25) is 5.10 Å². The SMILES string of the molecule is CCNC(=NCc1nc(-c2ccc(OC)cc2)n[nH]1)NC1CN(C(=O)OC(C)(C)C)C1.I. The van der Waals surface area contributed by atoms with Gasteiger partial charge in [0.05, 0.1) is 13.2 Å². The lowest BCUT2D eigenvalue weighted by molar-refractivity contribution is 0.00700. The average Bonchev–Trinajstić information content (AvgIpc) is 3.16. The summed E-state index contributed by atoms with van der Waals surface area (Å²) >= 11 is 0. The van der Waals surface area contributed by atoms with Gasteiger partial charge in [0, 0.05) is 25.2 Å². The van der Waals surface area contributed by atoms with E-state index in [2.05, 4.69) is 30.8 Å². The Morgan fingerprint density at radius 1 is 1.28 bits per heavy atom. The number of aliphatic imine (C=N–C) groups is 1. The molecule has 0 saturated carbocycles. The minimum absolute atomic E-state index is 0. The van der Waals surface area contributed by atoms with Crippen LogP contribution in [0.2, 0.25) is 0 Å². The molecule has 1 aliphatic heterocycles. The second-order valence-electron chi connectivity index (χ2n) is 8.26. The highest BCUT2D eigenvalue weighted by molar-refractivity contribution is 14.0. The van der Waals surface area contributed by atoms with Crippen molar-refractivity contribution in [2.24, 2.45) is 4.99 Å². The van der Waals surface area contributed by atoms with Gasteiger partial charge in [-0.2, -0.15) is 5.10 Å². The summed E-state index contributed by atoms with van der Waals surface area (Å²) in [4.78, 5) is 22.8. The van der Waals surface area contributed by atoms with Crippen LogP contribution in [0.25, 0.3) is 11.4 Å². The van der Waals surface area contributed by atoms with Crippen LogP contribution in [0, 0.1) is 0 Å². The molecule has 1 fully saturated rings. The minimum Gasteiger partial charge on any atom is -0.497 e. The summed E-state index contributed by atoms with van der Waals surface area (Å²) in [6.45, 7) is 9.80. The van der Waals surface area contributed by atoms with Gasteiger partial charge >= 0.3 is 6.09 Å². The Balaban J connectivity index is 0.00000363. The standard InChI is InChI=1S/C21H31N7O3.HI/c1-6-22-19(24-15-12-28(13-15)20(29)31-21(2,3)4)23-11-17-25-18(27-26-17)14-7-9-16(30-5)10-8-14;/h7-10,15H,6,11-13H2,1-5H3,(H2,22,23,24)(H,25,26,27);1H. The predicted octanol–water partition coefficient (Wildman–Crippen LogP) is 2.77. The maximum Gasteiger partial charge on any atom is 0.410 e. The number of nitrogens with zero attached hydrogens (tertiary/aromatic N) is 4. The molecule has 1 amide bonds. The molecule has 3 N–H and O–H groups in total. The number of methoxy groups -OCH3 is 1. The monoisotopic (exact) mass is 557 g/mol. The van der Waals surface area contributed by atoms with Gasteiger partial charge in [-0.05, 0) is 52.0 Å². The third-order valence-electron chi connectivity index (χ3n) is 4.49. The first-order chi connectivity index (χ1) is 14.8. The van der Waals surface area contributed by atoms with Gasteiger partial charge in [0.2, 0.25) is 0 Å². The second-order valence-corrected chi connectivity index (χ2v) is 8.26. The molecule has 3 rings (SSSR count). The van der Waals surface area contributed by atoms with E-state index in [1.807, 2.05) is 52.0 Å². The highest BCUT2D eigenvalue weighted by Gasteiger charge is 2.34. The van der Waals surface area contributed by atoms with E-state index in [4.69, 9.17) is 9.47 Å². The average molecular weight is 557 g/mol. The lowest BCUT2D eigenvalue weighted by Crippen LogP contribution is -2.63. The van der Waals surface area contributed by atoms with Crippen LogP contribution in [0.1, 0.15) is 33.5 Å². The van der Waals surface area contributed by atoms with Gasteiger partial charge in [-0.15, -0.1) is 24.0 Å². The van der Waals surface area contributed by atoms with E-state index in [1.54, 1.807) is 12.0 Å². The number of guanidine groups is 1. The van der Waals surface area contributed by atoms with E-state index in [0.29, 0.717) is 37.2 Å². The molecule has 176 valence electrons.